The van der Waals surface area contributed by atoms with Gasteiger partial charge in [0.05, 0.1) is 18.6 Å². The Bertz CT molecular complexity index is 165. The van der Waals surface area contributed by atoms with Gasteiger partial charge in [0.25, 0.3) is 0 Å². The molecule has 0 aromatic heterocycles. The maximum atomic E-state index is 11.3. The first kappa shape index (κ1) is 12.7. The lowest BCUT2D eigenvalue weighted by atomic mass is 10.1. The van der Waals surface area contributed by atoms with E-state index in [1.54, 1.807) is 7.11 Å². The van der Waals surface area contributed by atoms with Crippen molar-refractivity contribution < 1.29 is 14.3 Å². The number of carbonyl (C=O) groups is 1. The first-order valence-electron chi connectivity index (χ1n) is 4.19. The fraction of sp³-hybridized carbons (Fsp3) is 0.875. The first-order chi connectivity index (χ1) is 5.79. The lowest BCUT2D eigenvalue weighted by Crippen LogP contribution is -2.29. The van der Waals surface area contributed by atoms with E-state index in [1.165, 1.54) is 0 Å². The Morgan fingerprint density at radius 2 is 2.23 bits per heavy atom. The predicted molar refractivity (Wildman–Crippen MR) is 51.0 cm³/mol. The molecule has 0 bridgehead atoms. The van der Waals surface area contributed by atoms with E-state index >= 15 is 0 Å². The van der Waals surface area contributed by atoms with E-state index in [-0.39, 0.29) is 30.4 Å². The molecule has 0 unspecified atom stereocenters. The van der Waals surface area contributed by atoms with Crippen LogP contribution in [0.1, 0.15) is 6.92 Å². The summed E-state index contributed by atoms with van der Waals surface area (Å²) < 4.78 is 10.0. The van der Waals surface area contributed by atoms with Crippen LogP contribution in [0.15, 0.2) is 0 Å². The maximum Gasteiger partial charge on any atom is 0.312 e. The van der Waals surface area contributed by atoms with Crippen LogP contribution in [0.5, 0.6) is 0 Å². The quantitative estimate of drug-likeness (QED) is 0.675. The van der Waals surface area contributed by atoms with Crippen molar-refractivity contribution in [2.24, 2.45) is 5.92 Å². The zero-order chi connectivity index (χ0) is 8.97. The molecule has 13 heavy (non-hydrogen) atoms. The lowest BCUT2D eigenvalue weighted by Gasteiger charge is -2.14. The van der Waals surface area contributed by atoms with E-state index in [9.17, 15) is 4.79 Å². The van der Waals surface area contributed by atoms with Crippen molar-refractivity contribution in [2.75, 3.05) is 26.8 Å². The number of nitrogens with one attached hydrogen (secondary N) is 1. The summed E-state index contributed by atoms with van der Waals surface area (Å²) in [4.78, 5) is 11.3. The molecular formula is C8H16ClNO3. The zero-order valence-electron chi connectivity index (χ0n) is 7.91. The van der Waals surface area contributed by atoms with Gasteiger partial charge in [0.15, 0.2) is 0 Å². The molecule has 0 spiro atoms. The van der Waals surface area contributed by atoms with Crippen molar-refractivity contribution in [2.45, 2.75) is 13.0 Å². The van der Waals surface area contributed by atoms with Crippen molar-refractivity contribution in [3.05, 3.63) is 0 Å². The number of esters is 1. The van der Waals surface area contributed by atoms with Crippen LogP contribution >= 0.6 is 12.4 Å². The van der Waals surface area contributed by atoms with E-state index in [2.05, 4.69) is 5.32 Å². The Morgan fingerprint density at radius 1 is 1.54 bits per heavy atom. The van der Waals surface area contributed by atoms with E-state index in [0.717, 1.165) is 6.54 Å². The predicted octanol–water partition coefficient (Wildman–Crippen LogP) is 0.206. The minimum absolute atomic E-state index is 0. The average Bonchev–Trinajstić information content (AvgIpc) is 2.51. The van der Waals surface area contributed by atoms with Gasteiger partial charge in [-0.05, 0) is 6.92 Å². The van der Waals surface area contributed by atoms with Crippen LogP contribution in [0, 0.1) is 5.92 Å². The van der Waals surface area contributed by atoms with Crippen molar-refractivity contribution >= 4 is 18.4 Å². The van der Waals surface area contributed by atoms with Crippen LogP contribution < -0.4 is 5.32 Å². The topological polar surface area (TPSA) is 47.6 Å². The van der Waals surface area contributed by atoms with Gasteiger partial charge in [-0.1, -0.05) is 0 Å². The Kier molecular flexibility index (Phi) is 6.03. The molecule has 1 aliphatic rings. The summed E-state index contributed by atoms with van der Waals surface area (Å²) in [6.45, 7) is 3.64. The summed E-state index contributed by atoms with van der Waals surface area (Å²) in [6.07, 6.45) is -0.0240. The highest BCUT2D eigenvalue weighted by Crippen LogP contribution is 2.13. The maximum absolute atomic E-state index is 11.3. The summed E-state index contributed by atoms with van der Waals surface area (Å²) in [5.41, 5.74) is 0. The van der Waals surface area contributed by atoms with Gasteiger partial charge in [-0.3, -0.25) is 4.79 Å². The van der Waals surface area contributed by atoms with Gasteiger partial charge in [-0.15, -0.1) is 12.4 Å². The number of ether oxygens (including phenoxy) is 2. The van der Waals surface area contributed by atoms with Gasteiger partial charge >= 0.3 is 5.97 Å². The molecule has 1 heterocycles. The van der Waals surface area contributed by atoms with Crippen LogP contribution in [-0.2, 0) is 14.3 Å². The van der Waals surface area contributed by atoms with Crippen molar-refractivity contribution in [3.63, 3.8) is 0 Å². The first-order valence-corrected chi connectivity index (χ1v) is 4.19. The smallest absolute Gasteiger partial charge is 0.312 e. The van der Waals surface area contributed by atoms with E-state index in [0.29, 0.717) is 13.2 Å². The molecule has 0 amide bonds. The molecule has 0 saturated carbocycles. The average molecular weight is 210 g/mol. The molecule has 5 heteroatoms. The third-order valence-corrected chi connectivity index (χ3v) is 2.05. The molecule has 0 aromatic carbocycles. The summed E-state index contributed by atoms with van der Waals surface area (Å²) in [6, 6.07) is 0. The van der Waals surface area contributed by atoms with Gasteiger partial charge in [0, 0.05) is 20.2 Å². The third-order valence-electron chi connectivity index (χ3n) is 2.05. The number of hydrogen-bond donors (Lipinski definition) is 1. The minimum atomic E-state index is -0.158. The standard InChI is InChI=1S/C8H15NO3.ClH/c1-3-12-8(10)6-4-9-5-7(6)11-2;/h6-7,9H,3-5H2,1-2H3;1H/t6-,7-;/m0./s1. The molecular weight excluding hydrogens is 194 g/mol. The Balaban J connectivity index is 0.00000144. The second kappa shape index (κ2) is 6.18. The zero-order valence-corrected chi connectivity index (χ0v) is 8.73. The van der Waals surface area contributed by atoms with Crippen molar-refractivity contribution in [1.82, 2.24) is 5.32 Å². The normalized spacial score (nSPS) is 26.6. The molecule has 4 nitrogen and oxygen atoms in total. The molecule has 1 saturated heterocycles. The highest BCUT2D eigenvalue weighted by Gasteiger charge is 2.33. The second-order valence-corrected chi connectivity index (χ2v) is 2.79. The fourth-order valence-electron chi connectivity index (χ4n) is 1.39. The summed E-state index contributed by atoms with van der Waals surface area (Å²) >= 11 is 0. The van der Waals surface area contributed by atoms with Crippen LogP contribution in [0.4, 0.5) is 0 Å². The van der Waals surface area contributed by atoms with Crippen molar-refractivity contribution in [3.8, 4) is 0 Å². The van der Waals surface area contributed by atoms with E-state index in [1.807, 2.05) is 6.92 Å². The van der Waals surface area contributed by atoms with Crippen LogP contribution in [-0.4, -0.2) is 38.9 Å². The van der Waals surface area contributed by atoms with Gasteiger partial charge < -0.3 is 14.8 Å². The Morgan fingerprint density at radius 3 is 2.77 bits per heavy atom. The molecule has 1 aliphatic heterocycles. The highest BCUT2D eigenvalue weighted by atomic mass is 35.5. The lowest BCUT2D eigenvalue weighted by molar-refractivity contribution is -0.150. The molecule has 0 radical (unpaired) electrons. The monoisotopic (exact) mass is 209 g/mol. The number of halogens is 1. The Hall–Kier alpha value is -0.320. The molecule has 1 rings (SSSR count). The number of carbonyl (C=O) groups excluding carboxylic acids is 1. The number of methoxy groups -OCH3 is 1. The van der Waals surface area contributed by atoms with Gasteiger partial charge in [-0.25, -0.2) is 0 Å². The molecule has 2 atom stereocenters. The van der Waals surface area contributed by atoms with Crippen LogP contribution in [0.2, 0.25) is 0 Å². The number of hydrogen-bond acceptors (Lipinski definition) is 4. The van der Waals surface area contributed by atoms with E-state index in [4.69, 9.17) is 9.47 Å². The molecule has 78 valence electrons. The molecule has 1 N–H and O–H groups in total. The van der Waals surface area contributed by atoms with Gasteiger partial charge in [-0.2, -0.15) is 0 Å². The fourth-order valence-corrected chi connectivity index (χ4v) is 1.39. The SMILES string of the molecule is CCOC(=O)[C@H]1CNC[C@@H]1OC.Cl. The molecule has 0 aliphatic carbocycles. The summed E-state index contributed by atoms with van der Waals surface area (Å²) in [5.74, 6) is -0.288. The number of rotatable bonds is 3. The van der Waals surface area contributed by atoms with Crippen LogP contribution in [0.3, 0.4) is 0 Å². The van der Waals surface area contributed by atoms with Gasteiger partial charge in [0.1, 0.15) is 0 Å². The highest BCUT2D eigenvalue weighted by molar-refractivity contribution is 5.85. The van der Waals surface area contributed by atoms with Crippen LogP contribution in [0.25, 0.3) is 0 Å². The van der Waals surface area contributed by atoms with Crippen molar-refractivity contribution in [1.29, 1.82) is 0 Å². The molecule has 1 fully saturated rings. The summed E-state index contributed by atoms with van der Waals surface area (Å²) in [5, 5.41) is 3.09. The summed E-state index contributed by atoms with van der Waals surface area (Å²) in [7, 11) is 1.61. The Labute approximate surface area is 84.4 Å². The molecule has 0 aromatic rings. The van der Waals surface area contributed by atoms with E-state index < -0.39 is 0 Å². The second-order valence-electron chi connectivity index (χ2n) is 2.79. The van der Waals surface area contributed by atoms with Gasteiger partial charge in [0.2, 0.25) is 0 Å². The minimum Gasteiger partial charge on any atom is -0.466 e. The third kappa shape index (κ3) is 3.14. The largest absolute Gasteiger partial charge is 0.466 e.